The summed E-state index contributed by atoms with van der Waals surface area (Å²) in [6, 6.07) is 20.5. The van der Waals surface area contributed by atoms with Crippen molar-refractivity contribution in [2.75, 3.05) is 22.9 Å². The fourth-order valence-electron chi connectivity index (χ4n) is 6.99. The maximum Gasteiger partial charge on any atom is 0.174 e. The van der Waals surface area contributed by atoms with Crippen molar-refractivity contribution in [2.24, 2.45) is 11.8 Å². The Hall–Kier alpha value is -3.06. The highest BCUT2D eigenvalue weighted by atomic mass is 35.5. The van der Waals surface area contributed by atoms with Crippen molar-refractivity contribution in [3.63, 3.8) is 0 Å². The van der Waals surface area contributed by atoms with Crippen molar-refractivity contribution in [1.82, 2.24) is 14.9 Å². The van der Waals surface area contributed by atoms with Gasteiger partial charge in [0.05, 0.1) is 28.5 Å². The summed E-state index contributed by atoms with van der Waals surface area (Å²) < 4.78 is 2.29. The fourth-order valence-corrected chi connectivity index (χ4v) is 7.80. The quantitative estimate of drug-likeness (QED) is 0.226. The number of benzene rings is 2. The van der Waals surface area contributed by atoms with Crippen LogP contribution in [0.5, 0.6) is 0 Å². The lowest BCUT2D eigenvalue weighted by Crippen LogP contribution is -2.38. The summed E-state index contributed by atoms with van der Waals surface area (Å²) in [7, 11) is 0. The minimum absolute atomic E-state index is 0.135. The highest BCUT2D eigenvalue weighted by Crippen LogP contribution is 2.45. The Balaban J connectivity index is 1.45. The third kappa shape index (κ3) is 5.29. The van der Waals surface area contributed by atoms with Gasteiger partial charge >= 0.3 is 0 Å². The van der Waals surface area contributed by atoms with E-state index in [9.17, 15) is 0 Å². The molecule has 4 aromatic rings. The zero-order valence-corrected chi connectivity index (χ0v) is 27.1. The van der Waals surface area contributed by atoms with Crippen LogP contribution in [-0.4, -0.2) is 27.8 Å². The monoisotopic (exact) mass is 617 g/mol. The largest absolute Gasteiger partial charge is 0.370 e. The van der Waals surface area contributed by atoms with Gasteiger partial charge in [-0.3, -0.25) is 4.98 Å². The lowest BCUT2D eigenvalue weighted by atomic mass is 9.91. The summed E-state index contributed by atoms with van der Waals surface area (Å²) in [4.78, 5) is 9.39. The number of pyridine rings is 1. The van der Waals surface area contributed by atoms with E-state index in [0.29, 0.717) is 22.0 Å². The normalized spacial score (nSPS) is 22.5. The summed E-state index contributed by atoms with van der Waals surface area (Å²) in [5.74, 6) is 1.28. The third-order valence-corrected chi connectivity index (χ3v) is 9.57. The SMILES string of the molecule is Cc1ccc(Cl)cc1-n1c(C)cc([C@@H]2[C@@H](c3ccccn3)NC(=S)N2c2ccc(N3C[C@H](C)C[C@H](C)C3)c(Cl)c2)c1C. The van der Waals surface area contributed by atoms with E-state index in [1.165, 1.54) is 12.0 Å². The summed E-state index contributed by atoms with van der Waals surface area (Å²) >= 11 is 19.5. The van der Waals surface area contributed by atoms with Crippen LogP contribution in [0.1, 0.15) is 60.6 Å². The molecule has 2 saturated heterocycles. The zero-order valence-electron chi connectivity index (χ0n) is 24.7. The van der Waals surface area contributed by atoms with Crippen LogP contribution >= 0.6 is 35.4 Å². The van der Waals surface area contributed by atoms with Crippen LogP contribution in [0.25, 0.3) is 5.69 Å². The second-order valence-electron chi connectivity index (χ2n) is 12.1. The first-order valence-corrected chi connectivity index (χ1v) is 15.8. The third-order valence-electron chi connectivity index (χ3n) is 8.72. The van der Waals surface area contributed by atoms with Gasteiger partial charge < -0.3 is 19.7 Å². The van der Waals surface area contributed by atoms with Crippen LogP contribution in [0.3, 0.4) is 0 Å². The Morgan fingerprint density at radius 2 is 1.67 bits per heavy atom. The highest BCUT2D eigenvalue weighted by Gasteiger charge is 2.42. The summed E-state index contributed by atoms with van der Waals surface area (Å²) in [6.07, 6.45) is 3.09. The van der Waals surface area contributed by atoms with E-state index in [1.54, 1.807) is 0 Å². The summed E-state index contributed by atoms with van der Waals surface area (Å²) in [5, 5.41) is 5.72. The van der Waals surface area contributed by atoms with E-state index in [4.69, 9.17) is 40.4 Å². The van der Waals surface area contributed by atoms with Crippen LogP contribution in [0.4, 0.5) is 11.4 Å². The van der Waals surface area contributed by atoms with E-state index < -0.39 is 0 Å². The molecule has 218 valence electrons. The zero-order chi connectivity index (χ0) is 29.7. The highest BCUT2D eigenvalue weighted by molar-refractivity contribution is 7.80. The van der Waals surface area contributed by atoms with Crippen LogP contribution in [0.2, 0.25) is 10.0 Å². The smallest absolute Gasteiger partial charge is 0.174 e. The first-order valence-electron chi connectivity index (χ1n) is 14.6. The predicted octanol–water partition coefficient (Wildman–Crippen LogP) is 8.76. The van der Waals surface area contributed by atoms with E-state index in [0.717, 1.165) is 57.8 Å². The van der Waals surface area contributed by atoms with Gasteiger partial charge in [0.1, 0.15) is 0 Å². The number of aromatic nitrogens is 2. The van der Waals surface area contributed by atoms with Gasteiger partial charge in [-0.25, -0.2) is 0 Å². The number of halogens is 2. The van der Waals surface area contributed by atoms with Gasteiger partial charge in [0.15, 0.2) is 5.11 Å². The van der Waals surface area contributed by atoms with E-state index in [1.807, 2.05) is 30.5 Å². The van der Waals surface area contributed by atoms with Gasteiger partial charge in [-0.2, -0.15) is 0 Å². The molecule has 0 saturated carbocycles. The second-order valence-corrected chi connectivity index (χ2v) is 13.3. The maximum atomic E-state index is 7.04. The van der Waals surface area contributed by atoms with Crippen LogP contribution < -0.4 is 15.1 Å². The number of aryl methyl sites for hydroxylation is 2. The molecule has 4 heterocycles. The average molecular weight is 619 g/mol. The number of anilines is 2. The molecule has 4 atom stereocenters. The molecule has 2 aromatic carbocycles. The molecule has 2 aliphatic rings. The van der Waals surface area contributed by atoms with Crippen molar-refractivity contribution in [2.45, 2.75) is 53.1 Å². The van der Waals surface area contributed by atoms with Crippen molar-refractivity contribution in [3.8, 4) is 5.69 Å². The lowest BCUT2D eigenvalue weighted by molar-refractivity contribution is 0.357. The Labute approximate surface area is 264 Å². The molecule has 2 aromatic heterocycles. The summed E-state index contributed by atoms with van der Waals surface area (Å²) in [6.45, 7) is 13.1. The fraction of sp³-hybridized carbons (Fsp3) is 0.353. The molecule has 42 heavy (non-hydrogen) atoms. The molecule has 5 nitrogen and oxygen atoms in total. The molecule has 2 aliphatic heterocycles. The van der Waals surface area contributed by atoms with Crippen LogP contribution in [0.15, 0.2) is 66.9 Å². The van der Waals surface area contributed by atoms with E-state index >= 15 is 0 Å². The van der Waals surface area contributed by atoms with E-state index in [-0.39, 0.29) is 12.1 Å². The maximum absolute atomic E-state index is 7.04. The van der Waals surface area contributed by atoms with Crippen molar-refractivity contribution < 1.29 is 0 Å². The number of nitrogens with zero attached hydrogens (tertiary/aromatic N) is 4. The van der Waals surface area contributed by atoms with Gasteiger partial charge in [0, 0.05) is 47.1 Å². The Bertz CT molecular complexity index is 1620. The molecule has 2 fully saturated rings. The Kier molecular flexibility index (Phi) is 7.99. The van der Waals surface area contributed by atoms with Crippen molar-refractivity contribution in [3.05, 3.63) is 105 Å². The van der Waals surface area contributed by atoms with Crippen LogP contribution in [0, 0.1) is 32.6 Å². The molecule has 8 heteroatoms. The first kappa shape index (κ1) is 29.0. The molecule has 0 spiro atoms. The molecule has 0 radical (unpaired) electrons. The lowest BCUT2D eigenvalue weighted by Gasteiger charge is -2.37. The molecule has 0 aliphatic carbocycles. The topological polar surface area (TPSA) is 36.3 Å². The molecule has 0 amide bonds. The van der Waals surface area contributed by atoms with Crippen molar-refractivity contribution in [1.29, 1.82) is 0 Å². The minimum atomic E-state index is -0.143. The minimum Gasteiger partial charge on any atom is -0.370 e. The predicted molar refractivity (Wildman–Crippen MR) is 180 cm³/mol. The average Bonchev–Trinajstić information content (AvgIpc) is 3.44. The number of piperidine rings is 1. The number of rotatable bonds is 5. The first-order chi connectivity index (χ1) is 20.1. The number of thiocarbonyl (C=S) groups is 1. The number of hydrogen-bond acceptors (Lipinski definition) is 3. The van der Waals surface area contributed by atoms with Gasteiger partial charge in [-0.15, -0.1) is 0 Å². The van der Waals surface area contributed by atoms with Gasteiger partial charge in [0.2, 0.25) is 0 Å². The number of nitrogens with one attached hydrogen (secondary N) is 1. The Morgan fingerprint density at radius 1 is 0.905 bits per heavy atom. The molecule has 0 unspecified atom stereocenters. The molecule has 0 bridgehead atoms. The standard InChI is InChI=1S/C34H37Cl2N5S/c1-20-14-21(2)19-39(18-20)30-12-11-26(17-28(30)36)41-33(32(38-34(41)42)29-8-6-7-13-37-29)27-15-23(4)40(24(27)5)31-16-25(35)10-9-22(31)3/h6-13,15-17,20-21,32-33H,14,18-19H2,1-5H3,(H,38,42)/t20-,21+,32-,33-/m1/s1. The van der Waals surface area contributed by atoms with E-state index in [2.05, 4.69) is 90.7 Å². The van der Waals surface area contributed by atoms with Crippen molar-refractivity contribution >= 4 is 51.9 Å². The molecular weight excluding hydrogens is 581 g/mol. The second kappa shape index (κ2) is 11.6. The van der Waals surface area contributed by atoms with Gasteiger partial charge in [-0.05, 0) is 111 Å². The Morgan fingerprint density at radius 3 is 2.36 bits per heavy atom. The molecular formula is C34H37Cl2N5S. The molecule has 6 rings (SSSR count). The van der Waals surface area contributed by atoms with Gasteiger partial charge in [0.25, 0.3) is 0 Å². The van der Waals surface area contributed by atoms with Crippen LogP contribution in [-0.2, 0) is 0 Å². The molecule has 1 N–H and O–H groups in total. The number of hydrogen-bond donors (Lipinski definition) is 1. The summed E-state index contributed by atoms with van der Waals surface area (Å²) in [5.41, 5.74) is 8.68. The van der Waals surface area contributed by atoms with Gasteiger partial charge in [-0.1, -0.05) is 49.2 Å².